The van der Waals surface area contributed by atoms with Gasteiger partial charge < -0.3 is 10.1 Å². The predicted molar refractivity (Wildman–Crippen MR) is 151 cm³/mol. The zero-order valence-corrected chi connectivity index (χ0v) is 21.0. The van der Waals surface area contributed by atoms with Gasteiger partial charge in [-0.25, -0.2) is 4.98 Å². The van der Waals surface area contributed by atoms with E-state index in [0.717, 1.165) is 50.8 Å². The fourth-order valence-corrected chi connectivity index (χ4v) is 4.41. The standard InChI is InChI=1S/C33H30N2O/c1-4-36-30-17-13-26(14-18-30)32-21-27(22-33(35-32)31-19-10-23(2)20-24(31)3)25-11-15-29(16-12-25)34-28-8-6-5-7-9-28/h5-22,34H,4H2,1-3H3. The Kier molecular flexibility index (Phi) is 6.81. The minimum absolute atomic E-state index is 0.652. The molecular formula is C33H30N2O. The van der Waals surface area contributed by atoms with Crippen LogP contribution in [0.1, 0.15) is 18.1 Å². The SMILES string of the molecule is CCOc1ccc(-c2cc(-c3ccc(Nc4ccccc4)cc3)cc(-c3ccc(C)cc3C)n2)cc1. The molecule has 0 unspecified atom stereocenters. The maximum atomic E-state index is 5.64. The molecule has 0 spiro atoms. The number of hydrogen-bond acceptors (Lipinski definition) is 3. The molecule has 0 radical (unpaired) electrons. The van der Waals surface area contributed by atoms with E-state index in [1.165, 1.54) is 11.1 Å². The van der Waals surface area contributed by atoms with Crippen LogP contribution in [0.5, 0.6) is 5.75 Å². The van der Waals surface area contributed by atoms with Crippen molar-refractivity contribution in [2.45, 2.75) is 20.8 Å². The fraction of sp³-hybridized carbons (Fsp3) is 0.121. The van der Waals surface area contributed by atoms with E-state index in [-0.39, 0.29) is 0 Å². The van der Waals surface area contributed by atoms with E-state index >= 15 is 0 Å². The molecule has 1 heterocycles. The van der Waals surface area contributed by atoms with Crippen molar-refractivity contribution in [3.63, 3.8) is 0 Å². The largest absolute Gasteiger partial charge is 0.494 e. The zero-order valence-electron chi connectivity index (χ0n) is 21.0. The third kappa shape index (κ3) is 5.31. The van der Waals surface area contributed by atoms with Crippen LogP contribution >= 0.6 is 0 Å². The lowest BCUT2D eigenvalue weighted by atomic mass is 9.97. The second-order valence-corrected chi connectivity index (χ2v) is 8.97. The number of anilines is 2. The van der Waals surface area contributed by atoms with Crippen molar-refractivity contribution in [2.75, 3.05) is 11.9 Å². The van der Waals surface area contributed by atoms with Gasteiger partial charge in [-0.2, -0.15) is 0 Å². The molecule has 3 heteroatoms. The number of benzene rings is 4. The highest BCUT2D eigenvalue weighted by Crippen LogP contribution is 2.33. The lowest BCUT2D eigenvalue weighted by Crippen LogP contribution is -1.94. The van der Waals surface area contributed by atoms with Gasteiger partial charge in [0.25, 0.3) is 0 Å². The van der Waals surface area contributed by atoms with Crippen LogP contribution in [0, 0.1) is 13.8 Å². The van der Waals surface area contributed by atoms with Crippen LogP contribution in [0.2, 0.25) is 0 Å². The van der Waals surface area contributed by atoms with Crippen LogP contribution in [-0.2, 0) is 0 Å². The van der Waals surface area contributed by atoms with Gasteiger partial charge in [0.1, 0.15) is 5.75 Å². The summed E-state index contributed by atoms with van der Waals surface area (Å²) in [5.74, 6) is 0.869. The Balaban J connectivity index is 1.55. The number of nitrogens with zero attached hydrogens (tertiary/aromatic N) is 1. The third-order valence-electron chi connectivity index (χ3n) is 6.22. The second kappa shape index (κ2) is 10.5. The Hall–Kier alpha value is -4.37. The Morgan fingerprint density at radius 2 is 1.31 bits per heavy atom. The monoisotopic (exact) mass is 470 g/mol. The van der Waals surface area contributed by atoms with Gasteiger partial charge in [-0.1, -0.05) is 54.1 Å². The molecule has 178 valence electrons. The van der Waals surface area contributed by atoms with Crippen LogP contribution in [0.15, 0.2) is 109 Å². The number of hydrogen-bond donors (Lipinski definition) is 1. The van der Waals surface area contributed by atoms with E-state index in [0.29, 0.717) is 6.61 Å². The van der Waals surface area contributed by atoms with Crippen molar-refractivity contribution < 1.29 is 4.74 Å². The minimum Gasteiger partial charge on any atom is -0.494 e. The van der Waals surface area contributed by atoms with Crippen LogP contribution in [0.3, 0.4) is 0 Å². The summed E-state index contributed by atoms with van der Waals surface area (Å²) in [7, 11) is 0. The Bertz CT molecular complexity index is 1460. The van der Waals surface area contributed by atoms with Crippen LogP contribution in [-0.4, -0.2) is 11.6 Å². The molecule has 0 aliphatic rings. The van der Waals surface area contributed by atoms with Crippen molar-refractivity contribution in [3.8, 4) is 39.4 Å². The van der Waals surface area contributed by atoms with Gasteiger partial charge in [0.15, 0.2) is 0 Å². The summed E-state index contributed by atoms with van der Waals surface area (Å²) in [4.78, 5) is 5.09. The fourth-order valence-electron chi connectivity index (χ4n) is 4.41. The number of para-hydroxylation sites is 1. The number of nitrogens with one attached hydrogen (secondary N) is 1. The lowest BCUT2D eigenvalue weighted by molar-refractivity contribution is 0.340. The molecule has 0 saturated carbocycles. The normalized spacial score (nSPS) is 10.8. The van der Waals surface area contributed by atoms with E-state index in [4.69, 9.17) is 9.72 Å². The van der Waals surface area contributed by atoms with E-state index in [1.54, 1.807) is 0 Å². The highest BCUT2D eigenvalue weighted by molar-refractivity contribution is 5.78. The van der Waals surface area contributed by atoms with E-state index in [2.05, 4.69) is 98.0 Å². The number of rotatable bonds is 7. The topological polar surface area (TPSA) is 34.1 Å². The van der Waals surface area contributed by atoms with Crippen LogP contribution in [0.25, 0.3) is 33.6 Å². The van der Waals surface area contributed by atoms with Crippen molar-refractivity contribution in [1.29, 1.82) is 0 Å². The Labute approximate surface area is 213 Å². The summed E-state index contributed by atoms with van der Waals surface area (Å²) in [6, 6.07) is 37.8. The summed E-state index contributed by atoms with van der Waals surface area (Å²) in [5, 5.41) is 3.46. The van der Waals surface area contributed by atoms with E-state index in [1.807, 2.05) is 37.3 Å². The van der Waals surface area contributed by atoms with Gasteiger partial charge in [-0.05, 0) is 98.1 Å². The second-order valence-electron chi connectivity index (χ2n) is 8.97. The summed E-state index contributed by atoms with van der Waals surface area (Å²) in [5.41, 5.74) is 11.0. The molecule has 0 fully saturated rings. The van der Waals surface area contributed by atoms with Gasteiger partial charge in [0.2, 0.25) is 0 Å². The number of aryl methyl sites for hydroxylation is 2. The van der Waals surface area contributed by atoms with Crippen molar-refractivity contribution in [2.24, 2.45) is 0 Å². The maximum absolute atomic E-state index is 5.64. The Morgan fingerprint density at radius 1 is 0.639 bits per heavy atom. The molecule has 36 heavy (non-hydrogen) atoms. The zero-order chi connectivity index (χ0) is 24.9. The molecule has 1 N–H and O–H groups in total. The Morgan fingerprint density at radius 3 is 2.00 bits per heavy atom. The molecule has 5 rings (SSSR count). The highest BCUT2D eigenvalue weighted by atomic mass is 16.5. The molecule has 0 atom stereocenters. The summed E-state index contributed by atoms with van der Waals surface area (Å²) < 4.78 is 5.64. The van der Waals surface area contributed by atoms with Crippen molar-refractivity contribution in [3.05, 3.63) is 120 Å². The predicted octanol–water partition coefficient (Wildman–Crippen LogP) is 8.84. The quantitative estimate of drug-likeness (QED) is 0.258. The molecular weight excluding hydrogens is 440 g/mol. The summed E-state index contributed by atoms with van der Waals surface area (Å²) >= 11 is 0. The van der Waals surface area contributed by atoms with Gasteiger partial charge in [0.05, 0.1) is 18.0 Å². The van der Waals surface area contributed by atoms with Crippen molar-refractivity contribution >= 4 is 11.4 Å². The van der Waals surface area contributed by atoms with Crippen LogP contribution < -0.4 is 10.1 Å². The smallest absolute Gasteiger partial charge is 0.119 e. The molecule has 4 aromatic carbocycles. The van der Waals surface area contributed by atoms with Crippen LogP contribution in [0.4, 0.5) is 11.4 Å². The highest BCUT2D eigenvalue weighted by Gasteiger charge is 2.11. The van der Waals surface area contributed by atoms with E-state index in [9.17, 15) is 0 Å². The molecule has 0 bridgehead atoms. The first-order chi connectivity index (χ1) is 17.6. The molecule has 3 nitrogen and oxygen atoms in total. The molecule has 5 aromatic rings. The molecule has 0 aliphatic carbocycles. The molecule has 0 amide bonds. The van der Waals surface area contributed by atoms with Gasteiger partial charge in [0, 0.05) is 22.5 Å². The average Bonchev–Trinajstić information content (AvgIpc) is 2.90. The minimum atomic E-state index is 0.652. The number of ether oxygens (including phenoxy) is 1. The molecule has 1 aromatic heterocycles. The average molecular weight is 471 g/mol. The summed E-state index contributed by atoms with van der Waals surface area (Å²) in [6.45, 7) is 6.92. The first-order valence-electron chi connectivity index (χ1n) is 12.3. The molecule has 0 aliphatic heterocycles. The van der Waals surface area contributed by atoms with Crippen molar-refractivity contribution in [1.82, 2.24) is 4.98 Å². The third-order valence-corrected chi connectivity index (χ3v) is 6.22. The van der Waals surface area contributed by atoms with Gasteiger partial charge in [-0.3, -0.25) is 0 Å². The van der Waals surface area contributed by atoms with Gasteiger partial charge >= 0.3 is 0 Å². The molecule has 0 saturated heterocycles. The number of aromatic nitrogens is 1. The van der Waals surface area contributed by atoms with E-state index < -0.39 is 0 Å². The number of pyridine rings is 1. The maximum Gasteiger partial charge on any atom is 0.119 e. The first kappa shape index (κ1) is 23.4. The summed E-state index contributed by atoms with van der Waals surface area (Å²) in [6.07, 6.45) is 0. The first-order valence-corrected chi connectivity index (χ1v) is 12.3. The lowest BCUT2D eigenvalue weighted by Gasteiger charge is -2.13. The van der Waals surface area contributed by atoms with Gasteiger partial charge in [-0.15, -0.1) is 0 Å².